The zero-order chi connectivity index (χ0) is 15.9. The van der Waals surface area contributed by atoms with E-state index < -0.39 is 4.92 Å². The van der Waals surface area contributed by atoms with Crippen molar-refractivity contribution in [2.45, 2.75) is 19.3 Å². The minimum Gasteiger partial charge on any atom is -0.362 e. The second kappa shape index (κ2) is 7.69. The van der Waals surface area contributed by atoms with Gasteiger partial charge in [-0.2, -0.15) is 0 Å². The molecule has 8 heteroatoms. The zero-order valence-electron chi connectivity index (χ0n) is 12.1. The van der Waals surface area contributed by atoms with Gasteiger partial charge in [-0.25, -0.2) is 0 Å². The minimum absolute atomic E-state index is 0.0142. The number of hydrogen-bond donors (Lipinski definition) is 2. The second-order valence-corrected chi connectivity index (χ2v) is 5.43. The van der Waals surface area contributed by atoms with E-state index in [0.29, 0.717) is 23.8 Å². The number of carbonyl (C=O) groups is 1. The Balaban J connectivity index is 1.70. The summed E-state index contributed by atoms with van der Waals surface area (Å²) in [5.41, 5.74) is 0.585. The molecule has 0 aliphatic carbocycles. The Morgan fingerprint density at radius 2 is 2.27 bits per heavy atom. The summed E-state index contributed by atoms with van der Waals surface area (Å²) in [6.45, 7) is 2.21. The van der Waals surface area contributed by atoms with E-state index in [1.54, 1.807) is 12.1 Å². The first-order valence-corrected chi connectivity index (χ1v) is 7.54. The molecule has 0 spiro atoms. The van der Waals surface area contributed by atoms with Crippen LogP contribution in [-0.2, 0) is 4.79 Å². The number of nitrogens with one attached hydrogen (secondary N) is 2. The Kier molecular flexibility index (Phi) is 5.65. The maximum Gasteiger partial charge on any atom is 0.271 e. The predicted molar refractivity (Wildman–Crippen MR) is 87.8 cm³/mol. The smallest absolute Gasteiger partial charge is 0.271 e. The number of non-ortho nitro benzene ring substituents is 1. The third-order valence-electron chi connectivity index (χ3n) is 3.38. The minimum atomic E-state index is -0.450. The third-order valence-corrected chi connectivity index (χ3v) is 3.62. The molecule has 118 valence electrons. The van der Waals surface area contributed by atoms with Crippen LogP contribution in [0.3, 0.4) is 0 Å². The second-order valence-electron chi connectivity index (χ2n) is 5.03. The molecule has 2 N–H and O–H groups in total. The van der Waals surface area contributed by atoms with E-state index in [2.05, 4.69) is 10.6 Å². The van der Waals surface area contributed by atoms with Crippen LogP contribution in [0.2, 0.25) is 0 Å². The lowest BCUT2D eigenvalue weighted by Gasteiger charge is -2.16. The SMILES string of the molecule is O=C1CCCN1CCCNC(=S)Nc1cccc([N+](=O)[O-])c1. The fourth-order valence-electron chi connectivity index (χ4n) is 2.28. The Labute approximate surface area is 133 Å². The number of rotatable bonds is 6. The van der Waals surface area contributed by atoms with E-state index in [-0.39, 0.29) is 11.6 Å². The number of carbonyl (C=O) groups excluding carboxylic acids is 1. The molecule has 22 heavy (non-hydrogen) atoms. The monoisotopic (exact) mass is 322 g/mol. The number of nitro groups is 1. The number of amides is 1. The molecular weight excluding hydrogens is 304 g/mol. The highest BCUT2D eigenvalue weighted by Crippen LogP contribution is 2.16. The van der Waals surface area contributed by atoms with Crippen LogP contribution in [0, 0.1) is 10.1 Å². The molecule has 7 nitrogen and oxygen atoms in total. The highest BCUT2D eigenvalue weighted by Gasteiger charge is 2.18. The molecule has 1 saturated heterocycles. The van der Waals surface area contributed by atoms with Gasteiger partial charge in [0, 0.05) is 43.9 Å². The van der Waals surface area contributed by atoms with Crippen LogP contribution in [-0.4, -0.2) is 40.5 Å². The van der Waals surface area contributed by atoms with Gasteiger partial charge in [0.05, 0.1) is 4.92 Å². The lowest BCUT2D eigenvalue weighted by atomic mass is 10.3. The molecule has 2 rings (SSSR count). The van der Waals surface area contributed by atoms with Crippen LogP contribution in [0.25, 0.3) is 0 Å². The van der Waals surface area contributed by atoms with Gasteiger partial charge in [-0.05, 0) is 31.1 Å². The summed E-state index contributed by atoms with van der Waals surface area (Å²) < 4.78 is 0. The molecule has 1 amide bonds. The van der Waals surface area contributed by atoms with Crippen LogP contribution in [0.5, 0.6) is 0 Å². The first kappa shape index (κ1) is 16.2. The summed E-state index contributed by atoms with van der Waals surface area (Å²) in [6, 6.07) is 6.16. The van der Waals surface area contributed by atoms with Crippen LogP contribution in [0.1, 0.15) is 19.3 Å². The molecular formula is C14H18N4O3S. The molecule has 1 aromatic carbocycles. The van der Waals surface area contributed by atoms with Crippen molar-refractivity contribution in [2.24, 2.45) is 0 Å². The zero-order valence-corrected chi connectivity index (χ0v) is 12.9. The number of nitro benzene ring substituents is 1. The largest absolute Gasteiger partial charge is 0.362 e. The van der Waals surface area contributed by atoms with Gasteiger partial charge in [-0.1, -0.05) is 6.07 Å². The normalized spacial score (nSPS) is 14.0. The Hall–Kier alpha value is -2.22. The number of likely N-dealkylation sites (tertiary alicyclic amines) is 1. The Morgan fingerprint density at radius 3 is 2.95 bits per heavy atom. The summed E-state index contributed by atoms with van der Waals surface area (Å²) in [6.07, 6.45) is 2.40. The van der Waals surface area contributed by atoms with Crippen molar-refractivity contribution in [3.8, 4) is 0 Å². The standard InChI is InChI=1S/C14H18N4O3S/c19-13-6-2-8-17(13)9-3-7-15-14(22)16-11-4-1-5-12(10-11)18(20)21/h1,4-5,10H,2-3,6-9H2,(H2,15,16,22). The van der Waals surface area contributed by atoms with Crippen LogP contribution >= 0.6 is 12.2 Å². The average Bonchev–Trinajstić information content (AvgIpc) is 2.89. The van der Waals surface area contributed by atoms with E-state index in [9.17, 15) is 14.9 Å². The van der Waals surface area contributed by atoms with Gasteiger partial charge in [-0.3, -0.25) is 14.9 Å². The maximum absolute atomic E-state index is 11.4. The van der Waals surface area contributed by atoms with Gasteiger partial charge >= 0.3 is 0 Å². The Morgan fingerprint density at radius 1 is 1.45 bits per heavy atom. The quantitative estimate of drug-likeness (QED) is 0.360. The molecule has 0 aromatic heterocycles. The fourth-order valence-corrected chi connectivity index (χ4v) is 2.50. The van der Waals surface area contributed by atoms with Crippen molar-refractivity contribution < 1.29 is 9.72 Å². The molecule has 0 atom stereocenters. The molecule has 1 aliphatic rings. The third kappa shape index (κ3) is 4.66. The van der Waals surface area contributed by atoms with Crippen molar-refractivity contribution in [2.75, 3.05) is 25.0 Å². The molecule has 1 aromatic rings. The molecule has 0 unspecified atom stereocenters. The van der Waals surface area contributed by atoms with Crippen LogP contribution < -0.4 is 10.6 Å². The highest BCUT2D eigenvalue weighted by atomic mass is 32.1. The molecule has 1 aliphatic heterocycles. The lowest BCUT2D eigenvalue weighted by molar-refractivity contribution is -0.384. The fraction of sp³-hybridized carbons (Fsp3) is 0.429. The van der Waals surface area contributed by atoms with Gasteiger partial charge < -0.3 is 15.5 Å². The summed E-state index contributed by atoms with van der Waals surface area (Å²) >= 11 is 5.14. The first-order valence-electron chi connectivity index (χ1n) is 7.13. The van der Waals surface area contributed by atoms with Crippen molar-refractivity contribution in [3.05, 3.63) is 34.4 Å². The van der Waals surface area contributed by atoms with Gasteiger partial charge in [0.15, 0.2) is 5.11 Å². The summed E-state index contributed by atoms with van der Waals surface area (Å²) in [7, 11) is 0. The van der Waals surface area contributed by atoms with Crippen LogP contribution in [0.15, 0.2) is 24.3 Å². The molecule has 0 bridgehead atoms. The number of thiocarbonyl (C=S) groups is 1. The summed E-state index contributed by atoms with van der Waals surface area (Å²) in [5, 5.41) is 17.1. The van der Waals surface area contributed by atoms with Gasteiger partial charge in [0.2, 0.25) is 5.91 Å². The summed E-state index contributed by atoms with van der Waals surface area (Å²) in [4.78, 5) is 23.6. The topological polar surface area (TPSA) is 87.5 Å². The van der Waals surface area contributed by atoms with Gasteiger partial charge in [0.1, 0.15) is 0 Å². The van der Waals surface area contributed by atoms with E-state index in [4.69, 9.17) is 12.2 Å². The van der Waals surface area contributed by atoms with Gasteiger partial charge in [0.25, 0.3) is 5.69 Å². The van der Waals surface area contributed by atoms with E-state index in [0.717, 1.165) is 25.9 Å². The molecule has 1 fully saturated rings. The predicted octanol–water partition coefficient (Wildman–Crippen LogP) is 1.89. The van der Waals surface area contributed by atoms with E-state index in [1.165, 1.54) is 12.1 Å². The van der Waals surface area contributed by atoms with Crippen molar-refractivity contribution in [1.82, 2.24) is 10.2 Å². The lowest BCUT2D eigenvalue weighted by Crippen LogP contribution is -2.32. The average molecular weight is 322 g/mol. The molecule has 0 saturated carbocycles. The number of benzene rings is 1. The molecule has 1 heterocycles. The van der Waals surface area contributed by atoms with E-state index in [1.807, 2.05) is 4.90 Å². The van der Waals surface area contributed by atoms with Gasteiger partial charge in [-0.15, -0.1) is 0 Å². The maximum atomic E-state index is 11.4. The highest BCUT2D eigenvalue weighted by molar-refractivity contribution is 7.80. The molecule has 0 radical (unpaired) electrons. The Bertz CT molecular complexity index is 579. The van der Waals surface area contributed by atoms with Crippen molar-refractivity contribution >= 4 is 34.6 Å². The first-order chi connectivity index (χ1) is 10.6. The number of nitrogens with zero attached hydrogens (tertiary/aromatic N) is 2. The van der Waals surface area contributed by atoms with E-state index >= 15 is 0 Å². The summed E-state index contributed by atoms with van der Waals surface area (Å²) in [5.74, 6) is 0.220. The van der Waals surface area contributed by atoms with Crippen molar-refractivity contribution in [1.29, 1.82) is 0 Å². The van der Waals surface area contributed by atoms with Crippen molar-refractivity contribution in [3.63, 3.8) is 0 Å². The van der Waals surface area contributed by atoms with Crippen LogP contribution in [0.4, 0.5) is 11.4 Å². The number of anilines is 1. The number of hydrogen-bond acceptors (Lipinski definition) is 4.